The van der Waals surface area contributed by atoms with E-state index in [0.717, 1.165) is 0 Å². The maximum atomic E-state index is 11.4. The van der Waals surface area contributed by atoms with Gasteiger partial charge in [-0.3, -0.25) is 0 Å². The number of halogens is 4. The van der Waals surface area contributed by atoms with Gasteiger partial charge in [-0.2, -0.15) is 0 Å². The molecular formula is C4H4Cl2F2. The van der Waals surface area contributed by atoms with Crippen LogP contribution in [0.5, 0.6) is 0 Å². The summed E-state index contributed by atoms with van der Waals surface area (Å²) in [5.74, 6) is 0. The van der Waals surface area contributed by atoms with Gasteiger partial charge in [0.25, 0.3) is 0 Å². The Labute approximate surface area is 56.1 Å². The van der Waals surface area contributed by atoms with Gasteiger partial charge < -0.3 is 0 Å². The predicted molar refractivity (Wildman–Crippen MR) is 30.7 cm³/mol. The quantitative estimate of drug-likeness (QED) is 0.583. The molecule has 0 rings (SSSR count). The molecule has 4 heteroatoms. The average molecular weight is 161 g/mol. The molecule has 0 bridgehead atoms. The lowest BCUT2D eigenvalue weighted by atomic mass is 10.5. The molecule has 0 heterocycles. The number of hydrogen-bond donors (Lipinski definition) is 0. The average Bonchev–Trinajstić information content (AvgIpc) is 1.84. The summed E-state index contributed by atoms with van der Waals surface area (Å²) in [6.45, 7) is -1.80. The molecule has 8 heavy (non-hydrogen) atoms. The molecule has 0 saturated carbocycles. The highest BCUT2D eigenvalue weighted by Crippen LogP contribution is 2.13. The van der Waals surface area contributed by atoms with E-state index < -0.39 is 13.3 Å². The molecule has 0 aromatic carbocycles. The Balaban J connectivity index is 3.83. The third kappa shape index (κ3) is 2.48. The number of rotatable bonds is 2. The second-order valence-corrected chi connectivity index (χ2v) is 1.99. The highest BCUT2D eigenvalue weighted by molar-refractivity contribution is 6.39. The van der Waals surface area contributed by atoms with Crippen molar-refractivity contribution < 1.29 is 8.78 Å². The van der Waals surface area contributed by atoms with Crippen molar-refractivity contribution in [1.82, 2.24) is 0 Å². The van der Waals surface area contributed by atoms with Crippen molar-refractivity contribution in [3.63, 3.8) is 0 Å². The van der Waals surface area contributed by atoms with E-state index in [4.69, 9.17) is 23.2 Å². The van der Waals surface area contributed by atoms with E-state index in [0.29, 0.717) is 0 Å². The SMILES string of the molecule is FCC(Cl)=C(Cl)CF. The van der Waals surface area contributed by atoms with Crippen molar-refractivity contribution in [3.8, 4) is 0 Å². The van der Waals surface area contributed by atoms with Crippen molar-refractivity contribution in [3.05, 3.63) is 10.1 Å². The summed E-state index contributed by atoms with van der Waals surface area (Å²) < 4.78 is 22.8. The Morgan fingerprint density at radius 2 is 1.25 bits per heavy atom. The fourth-order valence-electron chi connectivity index (χ4n) is 0.145. The first-order chi connectivity index (χ1) is 3.72. The predicted octanol–water partition coefficient (Wildman–Crippen LogP) is 2.61. The van der Waals surface area contributed by atoms with Crippen LogP contribution in [0, 0.1) is 0 Å². The zero-order valence-electron chi connectivity index (χ0n) is 3.93. The van der Waals surface area contributed by atoms with Crippen molar-refractivity contribution in [2.75, 3.05) is 13.3 Å². The first kappa shape index (κ1) is 8.18. The molecule has 0 atom stereocenters. The van der Waals surface area contributed by atoms with E-state index >= 15 is 0 Å². The summed E-state index contributed by atoms with van der Waals surface area (Å²) in [6, 6.07) is 0. The molecule has 0 radical (unpaired) electrons. The molecule has 0 spiro atoms. The molecule has 0 unspecified atom stereocenters. The first-order valence-corrected chi connectivity index (χ1v) is 2.63. The Morgan fingerprint density at radius 1 is 1.00 bits per heavy atom. The Morgan fingerprint density at radius 3 is 1.38 bits per heavy atom. The maximum absolute atomic E-state index is 11.4. The molecular weight excluding hydrogens is 157 g/mol. The molecule has 0 aliphatic heterocycles. The number of hydrogen-bond acceptors (Lipinski definition) is 0. The van der Waals surface area contributed by atoms with E-state index in [-0.39, 0.29) is 10.1 Å². The highest BCUT2D eigenvalue weighted by atomic mass is 35.5. The largest absolute Gasteiger partial charge is 0.245 e. The lowest BCUT2D eigenvalue weighted by molar-refractivity contribution is 0.533. The molecule has 48 valence electrons. The maximum Gasteiger partial charge on any atom is 0.126 e. The van der Waals surface area contributed by atoms with Gasteiger partial charge >= 0.3 is 0 Å². The monoisotopic (exact) mass is 160 g/mol. The van der Waals surface area contributed by atoms with E-state index in [1.165, 1.54) is 0 Å². The third-order valence-corrected chi connectivity index (χ3v) is 1.28. The summed E-state index contributed by atoms with van der Waals surface area (Å²) in [5, 5.41) is -0.511. The van der Waals surface area contributed by atoms with E-state index in [1.807, 2.05) is 0 Å². The first-order valence-electron chi connectivity index (χ1n) is 1.87. The minimum absolute atomic E-state index is 0.255. The molecule has 0 nitrogen and oxygen atoms in total. The van der Waals surface area contributed by atoms with Crippen molar-refractivity contribution in [1.29, 1.82) is 0 Å². The van der Waals surface area contributed by atoms with Crippen LogP contribution in [0.1, 0.15) is 0 Å². The molecule has 0 aromatic rings. The second kappa shape index (κ2) is 4.10. The Bertz CT molecular complexity index is 88.2. The molecule has 0 aromatic heterocycles. The van der Waals surface area contributed by atoms with Crippen LogP contribution in [-0.4, -0.2) is 13.3 Å². The van der Waals surface area contributed by atoms with Crippen molar-refractivity contribution in [2.24, 2.45) is 0 Å². The molecule has 0 N–H and O–H groups in total. The third-order valence-electron chi connectivity index (χ3n) is 0.529. The van der Waals surface area contributed by atoms with Crippen LogP contribution in [0.15, 0.2) is 10.1 Å². The van der Waals surface area contributed by atoms with Crippen LogP contribution >= 0.6 is 23.2 Å². The van der Waals surface area contributed by atoms with Gasteiger partial charge in [-0.25, -0.2) is 8.78 Å². The van der Waals surface area contributed by atoms with Crippen molar-refractivity contribution in [2.45, 2.75) is 0 Å². The molecule has 0 saturated heterocycles. The number of allylic oxidation sites excluding steroid dienone is 2. The zero-order valence-corrected chi connectivity index (χ0v) is 5.44. The van der Waals surface area contributed by atoms with Crippen LogP contribution in [0.3, 0.4) is 0 Å². The van der Waals surface area contributed by atoms with Gasteiger partial charge in [-0.05, 0) is 0 Å². The number of alkyl halides is 2. The Hall–Kier alpha value is 0.180. The lowest BCUT2D eigenvalue weighted by Crippen LogP contribution is -1.81. The summed E-state index contributed by atoms with van der Waals surface area (Å²) in [5.41, 5.74) is 0. The molecule has 0 aliphatic carbocycles. The fraction of sp³-hybridized carbons (Fsp3) is 0.500. The van der Waals surface area contributed by atoms with Crippen LogP contribution in [-0.2, 0) is 0 Å². The van der Waals surface area contributed by atoms with E-state index in [2.05, 4.69) is 0 Å². The van der Waals surface area contributed by atoms with E-state index in [9.17, 15) is 8.78 Å². The molecule has 0 amide bonds. The van der Waals surface area contributed by atoms with Crippen molar-refractivity contribution >= 4 is 23.2 Å². The summed E-state index contributed by atoms with van der Waals surface area (Å²) in [7, 11) is 0. The lowest BCUT2D eigenvalue weighted by Gasteiger charge is -1.90. The van der Waals surface area contributed by atoms with Gasteiger partial charge in [-0.15, -0.1) is 0 Å². The topological polar surface area (TPSA) is 0 Å². The summed E-state index contributed by atoms with van der Waals surface area (Å²) >= 11 is 10.1. The summed E-state index contributed by atoms with van der Waals surface area (Å²) in [6.07, 6.45) is 0. The minimum atomic E-state index is -0.899. The second-order valence-electron chi connectivity index (χ2n) is 1.08. The van der Waals surface area contributed by atoms with Crippen LogP contribution < -0.4 is 0 Å². The minimum Gasteiger partial charge on any atom is -0.245 e. The summed E-state index contributed by atoms with van der Waals surface area (Å²) in [4.78, 5) is 0. The van der Waals surface area contributed by atoms with Gasteiger partial charge in [0.05, 0.1) is 10.1 Å². The standard InChI is InChI=1S/C4H4Cl2F2/c5-3(1-7)4(6)2-8/h1-2H2. The van der Waals surface area contributed by atoms with Gasteiger partial charge in [0.2, 0.25) is 0 Å². The fourth-order valence-corrected chi connectivity index (χ4v) is 0.246. The van der Waals surface area contributed by atoms with Gasteiger partial charge in [0.1, 0.15) is 13.3 Å². The van der Waals surface area contributed by atoms with Gasteiger partial charge in [0, 0.05) is 0 Å². The van der Waals surface area contributed by atoms with Gasteiger partial charge in [0.15, 0.2) is 0 Å². The van der Waals surface area contributed by atoms with Crippen LogP contribution in [0.25, 0.3) is 0 Å². The Kier molecular flexibility index (Phi) is 4.19. The molecule has 0 aliphatic rings. The highest BCUT2D eigenvalue weighted by Gasteiger charge is 1.98. The zero-order chi connectivity index (χ0) is 6.57. The normalized spacial score (nSPS) is 13.5. The molecule has 0 fully saturated rings. The van der Waals surface area contributed by atoms with Gasteiger partial charge in [-0.1, -0.05) is 23.2 Å². The van der Waals surface area contributed by atoms with Crippen LogP contribution in [0.4, 0.5) is 8.78 Å². The smallest absolute Gasteiger partial charge is 0.126 e. The van der Waals surface area contributed by atoms with Crippen LogP contribution in [0.2, 0.25) is 0 Å². The van der Waals surface area contributed by atoms with E-state index in [1.54, 1.807) is 0 Å².